The van der Waals surface area contributed by atoms with E-state index < -0.39 is 0 Å². The van der Waals surface area contributed by atoms with Crippen LogP contribution in [0, 0.1) is 6.92 Å². The van der Waals surface area contributed by atoms with Gasteiger partial charge in [-0.15, -0.1) is 0 Å². The van der Waals surface area contributed by atoms with Crippen molar-refractivity contribution >= 4 is 21.7 Å². The monoisotopic (exact) mass is 307 g/mol. The molecule has 2 N–H and O–H groups in total. The van der Waals surface area contributed by atoms with Crippen molar-refractivity contribution in [3.8, 4) is 11.3 Å². The summed E-state index contributed by atoms with van der Waals surface area (Å²) in [6.07, 6.45) is 0. The quantitative estimate of drug-likeness (QED) is 0.915. The minimum absolute atomic E-state index is 0.361. The van der Waals surface area contributed by atoms with Crippen LogP contribution in [0.5, 0.6) is 0 Å². The van der Waals surface area contributed by atoms with Crippen molar-refractivity contribution < 1.29 is 0 Å². The number of aryl methyl sites for hydroxylation is 1. The Morgan fingerprint density at radius 2 is 2.00 bits per heavy atom. The van der Waals surface area contributed by atoms with E-state index in [1.54, 1.807) is 0 Å². The molecule has 3 nitrogen and oxygen atoms in total. The molecular formula is C14H18BrN3. The maximum absolute atomic E-state index is 6.15. The summed E-state index contributed by atoms with van der Waals surface area (Å²) >= 11 is 3.55. The Hall–Kier alpha value is -1.29. The molecule has 0 aliphatic carbocycles. The Morgan fingerprint density at radius 1 is 1.33 bits per heavy atom. The molecule has 0 bridgehead atoms. The molecule has 1 heterocycles. The molecule has 0 spiro atoms. The molecule has 1 aromatic heterocycles. The number of nitrogen functional groups attached to an aromatic ring is 1. The number of halogens is 1. The number of imidazole rings is 1. The molecular weight excluding hydrogens is 290 g/mol. The molecule has 0 aliphatic rings. The van der Waals surface area contributed by atoms with E-state index in [-0.39, 0.29) is 0 Å². The van der Waals surface area contributed by atoms with E-state index in [2.05, 4.69) is 59.9 Å². The lowest BCUT2D eigenvalue weighted by Crippen LogP contribution is -2.02. The molecule has 0 aliphatic heterocycles. The maximum atomic E-state index is 6.15. The lowest BCUT2D eigenvalue weighted by molar-refractivity contribution is 0.715. The fourth-order valence-electron chi connectivity index (χ4n) is 2.00. The van der Waals surface area contributed by atoms with Crippen molar-refractivity contribution in [1.29, 1.82) is 0 Å². The van der Waals surface area contributed by atoms with E-state index in [0.29, 0.717) is 5.92 Å². The number of rotatable bonds is 2. The molecule has 1 aromatic carbocycles. The van der Waals surface area contributed by atoms with Crippen LogP contribution in [0.4, 0.5) is 5.82 Å². The van der Waals surface area contributed by atoms with Crippen LogP contribution in [0.1, 0.15) is 31.2 Å². The summed E-state index contributed by atoms with van der Waals surface area (Å²) in [6, 6.07) is 6.20. The molecule has 0 amide bonds. The number of nitrogens with two attached hydrogens (primary N) is 1. The van der Waals surface area contributed by atoms with Crippen molar-refractivity contribution in [3.63, 3.8) is 0 Å². The second-order valence-corrected chi connectivity index (χ2v) is 5.74. The van der Waals surface area contributed by atoms with Gasteiger partial charge in [0.2, 0.25) is 0 Å². The van der Waals surface area contributed by atoms with Crippen LogP contribution in [0.15, 0.2) is 22.7 Å². The lowest BCUT2D eigenvalue weighted by Gasteiger charge is -2.04. The Morgan fingerprint density at radius 3 is 2.50 bits per heavy atom. The number of hydrogen-bond donors (Lipinski definition) is 1. The molecule has 0 saturated carbocycles. The van der Waals surface area contributed by atoms with E-state index in [1.807, 2.05) is 11.6 Å². The molecule has 0 atom stereocenters. The average Bonchev–Trinajstić information content (AvgIpc) is 2.60. The molecule has 18 heavy (non-hydrogen) atoms. The number of nitrogens with zero attached hydrogens (tertiary/aromatic N) is 2. The summed E-state index contributed by atoms with van der Waals surface area (Å²) < 4.78 is 3.05. The molecule has 2 aromatic rings. The van der Waals surface area contributed by atoms with E-state index in [0.717, 1.165) is 27.4 Å². The van der Waals surface area contributed by atoms with Crippen LogP contribution in [0.2, 0.25) is 0 Å². The topological polar surface area (TPSA) is 43.8 Å². The van der Waals surface area contributed by atoms with E-state index in [4.69, 9.17) is 5.73 Å². The second-order valence-electron chi connectivity index (χ2n) is 4.88. The third-order valence-electron chi connectivity index (χ3n) is 3.14. The number of benzene rings is 1. The first-order valence-corrected chi connectivity index (χ1v) is 6.79. The van der Waals surface area contributed by atoms with Crippen LogP contribution in [0.3, 0.4) is 0 Å². The molecule has 96 valence electrons. The smallest absolute Gasteiger partial charge is 0.131 e. The predicted molar refractivity (Wildman–Crippen MR) is 79.6 cm³/mol. The van der Waals surface area contributed by atoms with Crippen LogP contribution < -0.4 is 5.73 Å². The van der Waals surface area contributed by atoms with Gasteiger partial charge in [0.15, 0.2) is 0 Å². The predicted octanol–water partition coefficient (Wildman–Crippen LogP) is 3.86. The summed E-state index contributed by atoms with van der Waals surface area (Å²) in [5.41, 5.74) is 9.26. The van der Waals surface area contributed by atoms with E-state index >= 15 is 0 Å². The SMILES string of the molecule is Cc1ccc(-c2nc(C(C)C)n(C)c2N)cc1Br. The van der Waals surface area contributed by atoms with Crippen molar-refractivity contribution in [3.05, 3.63) is 34.1 Å². The van der Waals surface area contributed by atoms with Gasteiger partial charge in [0.1, 0.15) is 17.3 Å². The highest BCUT2D eigenvalue weighted by atomic mass is 79.9. The van der Waals surface area contributed by atoms with Crippen LogP contribution in [-0.4, -0.2) is 9.55 Å². The van der Waals surface area contributed by atoms with Crippen LogP contribution >= 0.6 is 15.9 Å². The van der Waals surface area contributed by atoms with Gasteiger partial charge in [-0.1, -0.05) is 41.9 Å². The number of hydrogen-bond acceptors (Lipinski definition) is 2. The standard InChI is InChI=1S/C14H18BrN3/c1-8(2)14-17-12(13(16)18(14)4)10-6-5-9(3)11(15)7-10/h5-8H,16H2,1-4H3. The summed E-state index contributed by atoms with van der Waals surface area (Å²) in [5.74, 6) is 2.09. The van der Waals surface area contributed by atoms with Crippen molar-refractivity contribution in [2.75, 3.05) is 5.73 Å². The number of anilines is 1. The summed E-state index contributed by atoms with van der Waals surface area (Å²) in [4.78, 5) is 4.67. The normalized spacial score (nSPS) is 11.2. The highest BCUT2D eigenvalue weighted by Gasteiger charge is 2.16. The van der Waals surface area contributed by atoms with Crippen molar-refractivity contribution in [1.82, 2.24) is 9.55 Å². The highest BCUT2D eigenvalue weighted by Crippen LogP contribution is 2.31. The molecule has 2 rings (SSSR count). The first-order valence-electron chi connectivity index (χ1n) is 6.00. The maximum Gasteiger partial charge on any atom is 0.131 e. The van der Waals surface area contributed by atoms with E-state index in [1.165, 1.54) is 5.56 Å². The minimum atomic E-state index is 0.361. The zero-order valence-corrected chi connectivity index (χ0v) is 12.7. The first-order chi connectivity index (χ1) is 8.41. The Kier molecular flexibility index (Phi) is 3.48. The third-order valence-corrected chi connectivity index (χ3v) is 3.99. The Balaban J connectivity index is 2.57. The number of aromatic nitrogens is 2. The summed E-state index contributed by atoms with van der Waals surface area (Å²) in [6.45, 7) is 6.31. The first kappa shape index (κ1) is 13.1. The Bertz CT molecular complexity index is 585. The lowest BCUT2D eigenvalue weighted by atomic mass is 10.1. The summed E-state index contributed by atoms with van der Waals surface area (Å²) in [5, 5.41) is 0. The fraction of sp³-hybridized carbons (Fsp3) is 0.357. The minimum Gasteiger partial charge on any atom is -0.383 e. The molecule has 4 heteroatoms. The van der Waals surface area contributed by atoms with Gasteiger partial charge in [-0.3, -0.25) is 0 Å². The van der Waals surface area contributed by atoms with Gasteiger partial charge in [0.05, 0.1) is 0 Å². The zero-order chi connectivity index (χ0) is 13.4. The van der Waals surface area contributed by atoms with Crippen LogP contribution in [-0.2, 0) is 7.05 Å². The van der Waals surface area contributed by atoms with Gasteiger partial charge in [0.25, 0.3) is 0 Å². The highest BCUT2D eigenvalue weighted by molar-refractivity contribution is 9.10. The van der Waals surface area contributed by atoms with Gasteiger partial charge in [-0.05, 0) is 18.6 Å². The largest absolute Gasteiger partial charge is 0.383 e. The van der Waals surface area contributed by atoms with Crippen LogP contribution in [0.25, 0.3) is 11.3 Å². The van der Waals surface area contributed by atoms with Gasteiger partial charge in [-0.2, -0.15) is 0 Å². The zero-order valence-electron chi connectivity index (χ0n) is 11.2. The molecule has 0 unspecified atom stereocenters. The summed E-state index contributed by atoms with van der Waals surface area (Å²) in [7, 11) is 1.96. The average molecular weight is 308 g/mol. The third kappa shape index (κ3) is 2.17. The van der Waals surface area contributed by atoms with Gasteiger partial charge < -0.3 is 10.3 Å². The van der Waals surface area contributed by atoms with Crippen molar-refractivity contribution in [2.45, 2.75) is 26.7 Å². The van der Waals surface area contributed by atoms with Gasteiger partial charge >= 0.3 is 0 Å². The fourth-order valence-corrected chi connectivity index (χ4v) is 2.38. The van der Waals surface area contributed by atoms with Gasteiger partial charge in [-0.25, -0.2) is 4.98 Å². The molecule has 0 radical (unpaired) electrons. The van der Waals surface area contributed by atoms with Crippen molar-refractivity contribution in [2.24, 2.45) is 7.05 Å². The Labute approximate surface area is 116 Å². The molecule has 0 fully saturated rings. The van der Waals surface area contributed by atoms with Gasteiger partial charge in [0, 0.05) is 23.0 Å². The second kappa shape index (κ2) is 4.76. The molecule has 0 saturated heterocycles. The van der Waals surface area contributed by atoms with E-state index in [9.17, 15) is 0 Å².